The largest absolute Gasteiger partial charge is 0.373 e. The van der Waals surface area contributed by atoms with E-state index in [0.29, 0.717) is 23.8 Å². The smallest absolute Gasteiger partial charge is 0.271 e. The van der Waals surface area contributed by atoms with Crippen molar-refractivity contribution in [3.8, 4) is 0 Å². The van der Waals surface area contributed by atoms with Crippen LogP contribution in [-0.4, -0.2) is 34.3 Å². The highest BCUT2D eigenvalue weighted by Crippen LogP contribution is 2.16. The van der Waals surface area contributed by atoms with Crippen molar-refractivity contribution < 1.29 is 4.79 Å². The van der Waals surface area contributed by atoms with Gasteiger partial charge in [-0.05, 0) is 24.1 Å². The maximum Gasteiger partial charge on any atom is 0.271 e. The van der Waals surface area contributed by atoms with Crippen LogP contribution in [0, 0.1) is 0 Å². The molecule has 2 rings (SSSR count). The standard InChI is InChI=1S/C13H16ClN5O/c1-15-11-4-3-10(14)12(18-11)13(20)16-6-5-9-7-17-19(2)8-9/h3-4,7-8H,5-6H2,1-2H3,(H,15,18)(H,16,20). The van der Waals surface area contributed by atoms with E-state index >= 15 is 0 Å². The third-order valence-electron chi connectivity index (χ3n) is 2.77. The zero-order valence-corrected chi connectivity index (χ0v) is 12.1. The second-order valence-electron chi connectivity index (χ2n) is 4.31. The molecule has 2 aromatic heterocycles. The van der Waals surface area contributed by atoms with E-state index < -0.39 is 0 Å². The van der Waals surface area contributed by atoms with Gasteiger partial charge < -0.3 is 10.6 Å². The highest BCUT2D eigenvalue weighted by atomic mass is 35.5. The third-order valence-corrected chi connectivity index (χ3v) is 3.08. The third kappa shape index (κ3) is 3.48. The van der Waals surface area contributed by atoms with Crippen molar-refractivity contribution in [2.75, 3.05) is 18.9 Å². The number of nitrogens with zero attached hydrogens (tertiary/aromatic N) is 3. The maximum atomic E-state index is 12.0. The van der Waals surface area contributed by atoms with Crippen molar-refractivity contribution in [3.05, 3.63) is 40.8 Å². The van der Waals surface area contributed by atoms with Crippen LogP contribution in [0.25, 0.3) is 0 Å². The SMILES string of the molecule is CNc1ccc(Cl)c(C(=O)NCCc2cnn(C)c2)n1. The molecular weight excluding hydrogens is 278 g/mol. The average molecular weight is 294 g/mol. The van der Waals surface area contributed by atoms with Gasteiger partial charge in [0.05, 0.1) is 11.2 Å². The number of rotatable bonds is 5. The van der Waals surface area contributed by atoms with Crippen LogP contribution in [0.3, 0.4) is 0 Å². The van der Waals surface area contributed by atoms with Gasteiger partial charge in [0.15, 0.2) is 0 Å². The van der Waals surface area contributed by atoms with Crippen molar-refractivity contribution in [2.45, 2.75) is 6.42 Å². The molecular formula is C13H16ClN5O. The topological polar surface area (TPSA) is 71.8 Å². The van der Waals surface area contributed by atoms with Crippen LogP contribution in [0.1, 0.15) is 16.1 Å². The van der Waals surface area contributed by atoms with E-state index in [1.165, 1.54) is 0 Å². The Morgan fingerprint density at radius 1 is 1.45 bits per heavy atom. The Balaban J connectivity index is 1.94. The molecule has 6 nitrogen and oxygen atoms in total. The Kier molecular flexibility index (Phi) is 4.57. The second kappa shape index (κ2) is 6.38. The van der Waals surface area contributed by atoms with Crippen LogP contribution in [-0.2, 0) is 13.5 Å². The Hall–Kier alpha value is -2.08. The molecule has 2 heterocycles. The van der Waals surface area contributed by atoms with Gasteiger partial charge in [0.1, 0.15) is 11.5 Å². The van der Waals surface area contributed by atoms with E-state index in [1.807, 2.05) is 13.2 Å². The van der Waals surface area contributed by atoms with E-state index in [9.17, 15) is 4.79 Å². The number of hydrogen-bond acceptors (Lipinski definition) is 4. The van der Waals surface area contributed by atoms with Crippen molar-refractivity contribution in [2.24, 2.45) is 7.05 Å². The summed E-state index contributed by atoms with van der Waals surface area (Å²) >= 11 is 5.98. The average Bonchev–Trinajstić information content (AvgIpc) is 2.85. The Bertz CT molecular complexity index is 611. The number of aromatic nitrogens is 3. The predicted molar refractivity (Wildman–Crippen MR) is 78.0 cm³/mol. The molecule has 0 saturated heterocycles. The number of pyridine rings is 1. The summed E-state index contributed by atoms with van der Waals surface area (Å²) in [6, 6.07) is 3.37. The number of carbonyl (C=O) groups excluding carboxylic acids is 1. The number of amides is 1. The molecule has 1 amide bonds. The Morgan fingerprint density at radius 3 is 2.90 bits per heavy atom. The predicted octanol–water partition coefficient (Wildman–Crippen LogP) is 1.48. The van der Waals surface area contributed by atoms with Crippen molar-refractivity contribution in [1.29, 1.82) is 0 Å². The van der Waals surface area contributed by atoms with Gasteiger partial charge in [-0.1, -0.05) is 11.6 Å². The quantitative estimate of drug-likeness (QED) is 0.876. The molecule has 0 fully saturated rings. The summed E-state index contributed by atoms with van der Waals surface area (Å²) in [6.07, 6.45) is 4.40. The lowest BCUT2D eigenvalue weighted by Gasteiger charge is -2.07. The molecule has 0 bridgehead atoms. The molecule has 20 heavy (non-hydrogen) atoms. The van der Waals surface area contributed by atoms with Gasteiger partial charge in [-0.25, -0.2) is 4.98 Å². The summed E-state index contributed by atoms with van der Waals surface area (Å²) in [5, 5.41) is 10.1. The van der Waals surface area contributed by atoms with E-state index in [1.54, 1.807) is 30.1 Å². The van der Waals surface area contributed by atoms with E-state index in [0.717, 1.165) is 5.56 Å². The van der Waals surface area contributed by atoms with Gasteiger partial charge in [0.25, 0.3) is 5.91 Å². The molecule has 0 aliphatic heterocycles. The van der Waals surface area contributed by atoms with Gasteiger partial charge in [0, 0.05) is 26.8 Å². The van der Waals surface area contributed by atoms with Gasteiger partial charge >= 0.3 is 0 Å². The van der Waals surface area contributed by atoms with Crippen LogP contribution in [0.4, 0.5) is 5.82 Å². The molecule has 0 unspecified atom stereocenters. The minimum absolute atomic E-state index is 0.227. The first-order valence-corrected chi connectivity index (χ1v) is 6.58. The fourth-order valence-corrected chi connectivity index (χ4v) is 1.94. The highest BCUT2D eigenvalue weighted by Gasteiger charge is 2.12. The summed E-state index contributed by atoms with van der Waals surface area (Å²) in [7, 11) is 3.59. The minimum atomic E-state index is -0.281. The molecule has 2 aromatic rings. The van der Waals surface area contributed by atoms with Crippen molar-refractivity contribution >= 4 is 23.3 Å². The first-order chi connectivity index (χ1) is 9.60. The van der Waals surface area contributed by atoms with E-state index in [-0.39, 0.29) is 11.6 Å². The first kappa shape index (κ1) is 14.3. The molecule has 0 aliphatic carbocycles. The lowest BCUT2D eigenvalue weighted by atomic mass is 10.2. The maximum absolute atomic E-state index is 12.0. The zero-order chi connectivity index (χ0) is 14.5. The number of hydrogen-bond donors (Lipinski definition) is 2. The number of anilines is 1. The van der Waals surface area contributed by atoms with Crippen LogP contribution in [0.2, 0.25) is 5.02 Å². The first-order valence-electron chi connectivity index (χ1n) is 6.20. The summed E-state index contributed by atoms with van der Waals surface area (Å²) in [6.45, 7) is 0.506. The second-order valence-corrected chi connectivity index (χ2v) is 4.71. The molecule has 0 atom stereocenters. The summed E-state index contributed by atoms with van der Waals surface area (Å²) in [5.74, 6) is 0.322. The van der Waals surface area contributed by atoms with Gasteiger partial charge in [0.2, 0.25) is 0 Å². The highest BCUT2D eigenvalue weighted by molar-refractivity contribution is 6.33. The Morgan fingerprint density at radius 2 is 2.25 bits per heavy atom. The van der Waals surface area contributed by atoms with Crippen LogP contribution >= 0.6 is 11.6 Å². The van der Waals surface area contributed by atoms with E-state index in [2.05, 4.69) is 20.7 Å². The molecule has 0 saturated carbocycles. The summed E-state index contributed by atoms with van der Waals surface area (Å²) in [5.41, 5.74) is 1.29. The zero-order valence-electron chi connectivity index (χ0n) is 11.4. The number of carbonyl (C=O) groups is 1. The molecule has 2 N–H and O–H groups in total. The molecule has 0 aromatic carbocycles. The normalized spacial score (nSPS) is 10.3. The molecule has 0 radical (unpaired) electrons. The lowest BCUT2D eigenvalue weighted by Crippen LogP contribution is -2.27. The summed E-state index contributed by atoms with van der Waals surface area (Å²) in [4.78, 5) is 16.2. The molecule has 106 valence electrons. The fourth-order valence-electron chi connectivity index (χ4n) is 1.75. The fraction of sp³-hybridized carbons (Fsp3) is 0.308. The van der Waals surface area contributed by atoms with Crippen LogP contribution < -0.4 is 10.6 Å². The number of nitrogens with one attached hydrogen (secondary N) is 2. The van der Waals surface area contributed by atoms with Crippen LogP contribution in [0.5, 0.6) is 0 Å². The summed E-state index contributed by atoms with van der Waals surface area (Å²) < 4.78 is 1.73. The van der Waals surface area contributed by atoms with Gasteiger partial charge in [-0.2, -0.15) is 5.10 Å². The van der Waals surface area contributed by atoms with Crippen molar-refractivity contribution in [1.82, 2.24) is 20.1 Å². The van der Waals surface area contributed by atoms with E-state index in [4.69, 9.17) is 11.6 Å². The van der Waals surface area contributed by atoms with Crippen LogP contribution in [0.15, 0.2) is 24.5 Å². The monoisotopic (exact) mass is 293 g/mol. The van der Waals surface area contributed by atoms with Gasteiger partial charge in [-0.3, -0.25) is 9.48 Å². The Labute approximate surface area is 122 Å². The molecule has 7 heteroatoms. The molecule has 0 spiro atoms. The number of halogens is 1. The minimum Gasteiger partial charge on any atom is -0.373 e. The van der Waals surface area contributed by atoms with Crippen molar-refractivity contribution in [3.63, 3.8) is 0 Å². The number of aryl methyl sites for hydroxylation is 1. The lowest BCUT2D eigenvalue weighted by molar-refractivity contribution is 0.0949. The molecule has 0 aliphatic rings. The van der Waals surface area contributed by atoms with Gasteiger partial charge in [-0.15, -0.1) is 0 Å².